The van der Waals surface area contributed by atoms with Crippen molar-refractivity contribution in [3.05, 3.63) is 0 Å². The molecule has 0 radical (unpaired) electrons. The number of aliphatic hydroxyl groups excluding tert-OH is 1. The maximum atomic E-state index is 9.65. The molecule has 0 aliphatic rings. The van der Waals surface area contributed by atoms with Gasteiger partial charge in [0, 0.05) is 0 Å². The van der Waals surface area contributed by atoms with E-state index < -0.39 is 18.6 Å². The molecule has 1 atom stereocenters. The van der Waals surface area contributed by atoms with Crippen molar-refractivity contribution in [3.8, 4) is 0 Å². The van der Waals surface area contributed by atoms with Gasteiger partial charge in [0.25, 0.3) is 0 Å². The molecule has 0 rings (SSSR count). The smallest absolute Gasteiger partial charge is 0.322 e. The maximum Gasteiger partial charge on any atom is 0.322 e. The Hall–Kier alpha value is -0.610. The number of carbonyl (C=O) groups is 1. The molecule has 4 nitrogen and oxygen atoms in total. The highest BCUT2D eigenvalue weighted by molar-refractivity contribution is 5.73. The van der Waals surface area contributed by atoms with E-state index in [1.54, 1.807) is 0 Å². The molecule has 0 aromatic rings. The molecule has 0 aliphatic heterocycles. The Balaban J connectivity index is 3.34. The Morgan fingerprint density at radius 3 is 2.29 bits per heavy atom. The van der Waals surface area contributed by atoms with E-state index in [1.807, 2.05) is 0 Å². The van der Waals surface area contributed by atoms with Gasteiger partial charge in [0.15, 0.2) is 0 Å². The number of aliphatic hydroxyl groups is 1. The molecule has 0 aliphatic carbocycles. The van der Waals surface area contributed by atoms with E-state index >= 15 is 0 Å². The summed E-state index contributed by atoms with van der Waals surface area (Å²) in [7, 11) is 0. The third kappa shape index (κ3) is 2.13. The molecule has 4 N–H and O–H groups in total. The first kappa shape index (κ1) is 6.39. The molecule has 4 heteroatoms. The van der Waals surface area contributed by atoms with Crippen LogP contribution in [0, 0.1) is 0 Å². The number of carboxylic acids is 1. The molecule has 0 saturated heterocycles. The Morgan fingerprint density at radius 2 is 2.29 bits per heavy atom. The second-order valence-electron chi connectivity index (χ2n) is 1.13. The first-order valence-electron chi connectivity index (χ1n) is 1.77. The fraction of sp³-hybridized carbons (Fsp3) is 0.667. The molecule has 0 spiro atoms. The van der Waals surface area contributed by atoms with Gasteiger partial charge in [0.2, 0.25) is 0 Å². The minimum atomic E-state index is -1.18. The zero-order chi connectivity index (χ0) is 5.86. The SMILES string of the molecule is [15NH2][13C@H]([13CH2]O)[13C](=O)O. The number of aliphatic carboxylic acids is 1. The number of rotatable bonds is 2. The lowest BCUT2D eigenvalue weighted by molar-refractivity contribution is -0.139. The van der Waals surface area contributed by atoms with Crippen molar-refractivity contribution >= 4 is 5.97 Å². The second kappa shape index (κ2) is 2.54. The molecule has 0 amide bonds. The summed E-state index contributed by atoms with van der Waals surface area (Å²) in [5.41, 5.74) is 4.77. The monoisotopic (exact) mass is 109 g/mol. The lowest BCUT2D eigenvalue weighted by Gasteiger charge is -1.96. The molecule has 42 valence electrons. The zero-order valence-electron chi connectivity index (χ0n) is 3.66. The first-order chi connectivity index (χ1) is 3.18. The van der Waals surface area contributed by atoms with E-state index in [0.717, 1.165) is 0 Å². The fourth-order valence-corrected chi connectivity index (χ4v) is 0.0781. The molecule has 7 heavy (non-hydrogen) atoms. The van der Waals surface area contributed by atoms with Gasteiger partial charge in [-0.25, -0.2) is 0 Å². The average molecular weight is 109 g/mol. The molecule has 0 aromatic heterocycles. The molecule has 0 saturated carbocycles. The van der Waals surface area contributed by atoms with Gasteiger partial charge in [-0.2, -0.15) is 0 Å². The Kier molecular flexibility index (Phi) is 2.32. The zero-order valence-corrected chi connectivity index (χ0v) is 3.66. The largest absolute Gasteiger partial charge is 0.480 e. The third-order valence-electron chi connectivity index (χ3n) is 0.514. The van der Waals surface area contributed by atoms with E-state index in [4.69, 9.17) is 15.9 Å². The molecule has 0 heterocycles. The summed E-state index contributed by atoms with van der Waals surface area (Å²) in [6.45, 7) is -0.505. The van der Waals surface area contributed by atoms with Crippen molar-refractivity contribution in [1.82, 2.24) is 0 Å². The number of hydrogen-bond donors (Lipinski definition) is 3. The van der Waals surface area contributed by atoms with Crippen molar-refractivity contribution in [2.24, 2.45) is 5.73 Å². The van der Waals surface area contributed by atoms with Crippen LogP contribution in [0.2, 0.25) is 0 Å². The van der Waals surface area contributed by atoms with Crippen LogP contribution in [-0.2, 0) is 4.79 Å². The maximum absolute atomic E-state index is 9.65. The summed E-state index contributed by atoms with van der Waals surface area (Å²) in [5.74, 6) is -1.18. The summed E-state index contributed by atoms with van der Waals surface area (Å²) in [6.07, 6.45) is 0. The molecular formula is C3H7NO3. The van der Waals surface area contributed by atoms with Crippen LogP contribution < -0.4 is 5.73 Å². The number of hydrogen-bond acceptors (Lipinski definition) is 3. The van der Waals surface area contributed by atoms with Gasteiger partial charge < -0.3 is 15.9 Å². The molecular weight excluding hydrogens is 102 g/mol. The van der Waals surface area contributed by atoms with Crippen molar-refractivity contribution < 1.29 is 15.0 Å². The van der Waals surface area contributed by atoms with Crippen LogP contribution in [0.4, 0.5) is 0 Å². The van der Waals surface area contributed by atoms with Crippen LogP contribution in [0.1, 0.15) is 0 Å². The lowest BCUT2D eigenvalue weighted by atomic mass is 11.3. The molecule has 0 fully saturated rings. The van der Waals surface area contributed by atoms with Gasteiger partial charge in [-0.1, -0.05) is 0 Å². The minimum Gasteiger partial charge on any atom is -0.480 e. The summed E-state index contributed by atoms with van der Waals surface area (Å²) in [4.78, 5) is 9.65. The normalized spacial score (nSPS) is 13.4. The Morgan fingerprint density at radius 1 is 1.86 bits per heavy atom. The van der Waals surface area contributed by atoms with Gasteiger partial charge >= 0.3 is 5.97 Å². The van der Waals surface area contributed by atoms with Crippen LogP contribution in [0.15, 0.2) is 0 Å². The average Bonchev–Trinajstić information content (AvgIpc) is 1.65. The van der Waals surface area contributed by atoms with Gasteiger partial charge in [-0.3, -0.25) is 4.79 Å². The van der Waals surface area contributed by atoms with Crippen LogP contribution in [0.25, 0.3) is 0 Å². The topological polar surface area (TPSA) is 83.5 Å². The molecule has 0 bridgehead atoms. The van der Waals surface area contributed by atoms with Crippen molar-refractivity contribution in [1.29, 1.82) is 0 Å². The summed E-state index contributed by atoms with van der Waals surface area (Å²) >= 11 is 0. The van der Waals surface area contributed by atoms with Crippen LogP contribution in [-0.4, -0.2) is 28.8 Å². The Labute approximate surface area is 40.6 Å². The first-order valence-corrected chi connectivity index (χ1v) is 1.77. The summed E-state index contributed by atoms with van der Waals surface area (Å²) < 4.78 is 0. The van der Waals surface area contributed by atoms with E-state index in [1.165, 1.54) is 0 Å². The molecule has 0 aromatic carbocycles. The number of nitrogens with two attached hydrogens (primary N) is 1. The van der Waals surface area contributed by atoms with E-state index in [2.05, 4.69) is 0 Å². The van der Waals surface area contributed by atoms with Gasteiger partial charge in [0.05, 0.1) is 6.61 Å². The summed E-state index contributed by atoms with van der Waals surface area (Å²) in [5, 5.41) is 15.9. The minimum absolute atomic E-state index is 0.505. The fourth-order valence-electron chi connectivity index (χ4n) is 0.0781. The second-order valence-corrected chi connectivity index (χ2v) is 1.13. The molecule has 0 unspecified atom stereocenters. The van der Waals surface area contributed by atoms with Gasteiger partial charge in [-0.15, -0.1) is 0 Å². The van der Waals surface area contributed by atoms with Crippen molar-refractivity contribution in [3.63, 3.8) is 0 Å². The highest BCUT2D eigenvalue weighted by Gasteiger charge is 2.06. The van der Waals surface area contributed by atoms with E-state index in [-0.39, 0.29) is 0 Å². The lowest BCUT2D eigenvalue weighted by Crippen LogP contribution is -2.33. The van der Waals surface area contributed by atoms with Gasteiger partial charge in [-0.05, 0) is 0 Å². The van der Waals surface area contributed by atoms with Crippen LogP contribution in [0.5, 0.6) is 0 Å². The van der Waals surface area contributed by atoms with Crippen LogP contribution in [0.3, 0.4) is 0 Å². The standard InChI is InChI=1S/C3H7NO3/c4-2(1-5)3(6)7/h2,5H,1,4H2,(H,6,7)/t2-/m1/s1/i1+1,2+1,3+1,4+1. The Bertz CT molecular complexity index is 72.6. The van der Waals surface area contributed by atoms with E-state index in [0.29, 0.717) is 0 Å². The van der Waals surface area contributed by atoms with Crippen LogP contribution >= 0.6 is 0 Å². The van der Waals surface area contributed by atoms with E-state index in [9.17, 15) is 4.79 Å². The quantitative estimate of drug-likeness (QED) is 0.294. The third-order valence-corrected chi connectivity index (χ3v) is 0.514. The predicted molar refractivity (Wildman–Crippen MR) is 22.7 cm³/mol. The van der Waals surface area contributed by atoms with Crippen molar-refractivity contribution in [2.45, 2.75) is 6.04 Å². The highest BCUT2D eigenvalue weighted by atomic mass is 16.5. The van der Waals surface area contributed by atoms with Crippen molar-refractivity contribution in [2.75, 3.05) is 6.61 Å². The predicted octanol–water partition coefficient (Wildman–Crippen LogP) is -1.61. The summed E-state index contributed by atoms with van der Waals surface area (Å²) in [6, 6.07) is -1.13. The van der Waals surface area contributed by atoms with Gasteiger partial charge in [0.1, 0.15) is 6.04 Å². The highest BCUT2D eigenvalue weighted by Crippen LogP contribution is 1.71. The number of carboxylic acid groups (broad SMARTS) is 1.